The standard InChI is InChI=1S/C19H20N4O4S/c1-10(25)21-16-4-12-13(7-23(2)14(12)6-20-16)18-19-15(5-17(22-18)28-3)27-11(8-24)9-26-19/h4-7,11,24H,8-9H2,1-3H3,(H,20,21,25). The number of carbonyl (C=O) groups is 1. The number of thioether (sulfide) groups is 1. The van der Waals surface area contributed by atoms with Gasteiger partial charge in [-0.05, 0) is 12.3 Å². The molecule has 3 aromatic heterocycles. The van der Waals surface area contributed by atoms with Crippen LogP contribution in [0.15, 0.2) is 29.6 Å². The highest BCUT2D eigenvalue weighted by Crippen LogP contribution is 2.44. The minimum atomic E-state index is -0.402. The molecule has 0 saturated carbocycles. The normalized spacial score (nSPS) is 15.6. The summed E-state index contributed by atoms with van der Waals surface area (Å²) in [5.41, 5.74) is 2.41. The summed E-state index contributed by atoms with van der Waals surface area (Å²) in [5.74, 6) is 1.40. The van der Waals surface area contributed by atoms with Crippen LogP contribution < -0.4 is 14.8 Å². The largest absolute Gasteiger partial charge is 0.484 e. The van der Waals surface area contributed by atoms with Crippen LogP contribution in [0.3, 0.4) is 0 Å². The Labute approximate surface area is 165 Å². The van der Waals surface area contributed by atoms with Crippen LogP contribution in [0.2, 0.25) is 0 Å². The summed E-state index contributed by atoms with van der Waals surface area (Å²) in [6.07, 6.45) is 5.21. The second-order valence-electron chi connectivity index (χ2n) is 6.50. The molecule has 0 aromatic carbocycles. The van der Waals surface area contributed by atoms with Crippen molar-refractivity contribution < 1.29 is 19.4 Å². The quantitative estimate of drug-likeness (QED) is 0.649. The summed E-state index contributed by atoms with van der Waals surface area (Å²) in [7, 11) is 1.93. The van der Waals surface area contributed by atoms with Crippen molar-refractivity contribution >= 4 is 34.4 Å². The van der Waals surface area contributed by atoms with Crippen molar-refractivity contribution in [2.24, 2.45) is 7.05 Å². The minimum Gasteiger partial charge on any atom is -0.484 e. The molecule has 9 heteroatoms. The van der Waals surface area contributed by atoms with Crippen molar-refractivity contribution in [3.8, 4) is 22.8 Å². The smallest absolute Gasteiger partial charge is 0.222 e. The zero-order valence-corrected chi connectivity index (χ0v) is 16.5. The number of amides is 1. The third-order valence-corrected chi connectivity index (χ3v) is 5.10. The summed E-state index contributed by atoms with van der Waals surface area (Å²) in [4.78, 5) is 20.5. The topological polar surface area (TPSA) is 98.5 Å². The number of hydrogen-bond acceptors (Lipinski definition) is 7. The first-order valence-electron chi connectivity index (χ1n) is 8.72. The van der Waals surface area contributed by atoms with E-state index in [0.29, 0.717) is 23.0 Å². The molecule has 3 aromatic rings. The van der Waals surface area contributed by atoms with E-state index in [1.165, 1.54) is 18.7 Å². The van der Waals surface area contributed by atoms with E-state index < -0.39 is 6.10 Å². The van der Waals surface area contributed by atoms with E-state index in [-0.39, 0.29) is 19.1 Å². The van der Waals surface area contributed by atoms with Gasteiger partial charge in [0.05, 0.1) is 18.3 Å². The average molecular weight is 400 g/mol. The van der Waals surface area contributed by atoms with E-state index in [4.69, 9.17) is 14.5 Å². The maximum absolute atomic E-state index is 11.4. The first kappa shape index (κ1) is 18.6. The molecule has 4 heterocycles. The van der Waals surface area contributed by atoms with Gasteiger partial charge in [0.2, 0.25) is 5.91 Å². The van der Waals surface area contributed by atoms with E-state index in [9.17, 15) is 9.90 Å². The number of rotatable bonds is 4. The summed E-state index contributed by atoms with van der Waals surface area (Å²) >= 11 is 1.50. The number of anilines is 1. The Kier molecular flexibility index (Phi) is 4.86. The molecule has 1 atom stereocenters. The number of aromatic nitrogens is 3. The lowest BCUT2D eigenvalue weighted by Crippen LogP contribution is -2.32. The third kappa shape index (κ3) is 3.27. The van der Waals surface area contributed by atoms with Gasteiger partial charge in [-0.15, -0.1) is 11.8 Å². The molecule has 28 heavy (non-hydrogen) atoms. The second-order valence-corrected chi connectivity index (χ2v) is 7.32. The molecule has 146 valence electrons. The highest BCUT2D eigenvalue weighted by atomic mass is 32.2. The number of carbonyl (C=O) groups excluding carboxylic acids is 1. The Morgan fingerprint density at radius 2 is 2.29 bits per heavy atom. The zero-order chi connectivity index (χ0) is 19.8. The number of aliphatic hydroxyl groups excluding tert-OH is 1. The van der Waals surface area contributed by atoms with Gasteiger partial charge in [-0.3, -0.25) is 4.79 Å². The van der Waals surface area contributed by atoms with E-state index >= 15 is 0 Å². The maximum Gasteiger partial charge on any atom is 0.222 e. The van der Waals surface area contributed by atoms with Crippen molar-refractivity contribution in [3.05, 3.63) is 24.5 Å². The fourth-order valence-electron chi connectivity index (χ4n) is 3.20. The molecule has 1 unspecified atom stereocenters. The van der Waals surface area contributed by atoms with E-state index in [2.05, 4.69) is 10.3 Å². The summed E-state index contributed by atoms with van der Waals surface area (Å²) < 4.78 is 13.7. The van der Waals surface area contributed by atoms with E-state index in [1.807, 2.05) is 36.2 Å². The second kappa shape index (κ2) is 7.33. The summed E-state index contributed by atoms with van der Waals surface area (Å²) in [6.45, 7) is 1.58. The fourth-order valence-corrected chi connectivity index (χ4v) is 3.60. The van der Waals surface area contributed by atoms with Gasteiger partial charge in [-0.2, -0.15) is 0 Å². The van der Waals surface area contributed by atoms with E-state index in [0.717, 1.165) is 21.5 Å². The first-order valence-corrected chi connectivity index (χ1v) is 9.95. The molecule has 8 nitrogen and oxygen atoms in total. The Morgan fingerprint density at radius 1 is 1.46 bits per heavy atom. The number of ether oxygens (including phenoxy) is 2. The number of aliphatic hydroxyl groups is 1. The van der Waals surface area contributed by atoms with Gasteiger partial charge in [0.15, 0.2) is 17.6 Å². The SMILES string of the molecule is CSc1cc2c(c(-c3cn(C)c4cnc(NC(C)=O)cc34)n1)OCC(CO)O2. The van der Waals surface area contributed by atoms with Crippen LogP contribution in [0.25, 0.3) is 22.2 Å². The summed E-state index contributed by atoms with van der Waals surface area (Å²) in [6, 6.07) is 3.65. The van der Waals surface area contributed by atoms with Crippen molar-refractivity contribution in [3.63, 3.8) is 0 Å². The van der Waals surface area contributed by atoms with Gasteiger partial charge >= 0.3 is 0 Å². The number of hydrogen-bond donors (Lipinski definition) is 2. The van der Waals surface area contributed by atoms with Crippen LogP contribution in [0.5, 0.6) is 11.5 Å². The molecule has 0 aliphatic carbocycles. The van der Waals surface area contributed by atoms with Gasteiger partial charge in [0.1, 0.15) is 23.1 Å². The molecule has 1 aliphatic heterocycles. The predicted octanol–water partition coefficient (Wildman–Crippen LogP) is 2.45. The van der Waals surface area contributed by atoms with Crippen LogP contribution in [0.1, 0.15) is 6.92 Å². The Bertz CT molecular complexity index is 1070. The molecule has 0 spiro atoms. The van der Waals surface area contributed by atoms with Crippen LogP contribution in [0, 0.1) is 0 Å². The van der Waals surface area contributed by atoms with Gasteiger partial charge in [0.25, 0.3) is 0 Å². The molecule has 2 N–H and O–H groups in total. The molecule has 1 aliphatic rings. The number of aryl methyl sites for hydroxylation is 1. The molecule has 0 bridgehead atoms. The predicted molar refractivity (Wildman–Crippen MR) is 107 cm³/mol. The molecule has 4 rings (SSSR count). The van der Waals surface area contributed by atoms with Gasteiger partial charge in [-0.1, -0.05) is 0 Å². The van der Waals surface area contributed by atoms with Crippen LogP contribution >= 0.6 is 11.8 Å². The lowest BCUT2D eigenvalue weighted by Gasteiger charge is -2.26. The lowest BCUT2D eigenvalue weighted by atomic mass is 10.1. The Morgan fingerprint density at radius 3 is 3.00 bits per heavy atom. The zero-order valence-electron chi connectivity index (χ0n) is 15.7. The minimum absolute atomic E-state index is 0.119. The molecule has 1 amide bonds. The Hall–Kier alpha value is -2.78. The van der Waals surface area contributed by atoms with Crippen LogP contribution in [0.4, 0.5) is 5.82 Å². The van der Waals surface area contributed by atoms with Crippen molar-refractivity contribution in [2.75, 3.05) is 24.8 Å². The van der Waals surface area contributed by atoms with Crippen molar-refractivity contribution in [2.45, 2.75) is 18.1 Å². The van der Waals surface area contributed by atoms with Gasteiger partial charge in [0, 0.05) is 37.2 Å². The molecule has 0 fully saturated rings. The number of fused-ring (bicyclic) bond motifs is 2. The van der Waals surface area contributed by atoms with Crippen molar-refractivity contribution in [1.29, 1.82) is 0 Å². The molecular weight excluding hydrogens is 380 g/mol. The third-order valence-electron chi connectivity index (χ3n) is 4.47. The van der Waals surface area contributed by atoms with Crippen LogP contribution in [-0.4, -0.2) is 51.1 Å². The number of pyridine rings is 2. The summed E-state index contributed by atoms with van der Waals surface area (Å²) in [5, 5.41) is 13.8. The fraction of sp³-hybridized carbons (Fsp3) is 0.316. The highest BCUT2D eigenvalue weighted by molar-refractivity contribution is 7.98. The molecular formula is C19H20N4O4S. The van der Waals surface area contributed by atoms with Gasteiger partial charge < -0.3 is 24.5 Å². The maximum atomic E-state index is 11.4. The molecule has 0 saturated heterocycles. The number of nitrogens with zero attached hydrogens (tertiary/aromatic N) is 3. The van der Waals surface area contributed by atoms with Gasteiger partial charge in [-0.25, -0.2) is 9.97 Å². The van der Waals surface area contributed by atoms with Crippen LogP contribution in [-0.2, 0) is 11.8 Å². The first-order chi connectivity index (χ1) is 13.5. The monoisotopic (exact) mass is 400 g/mol. The highest BCUT2D eigenvalue weighted by Gasteiger charge is 2.27. The number of nitrogens with one attached hydrogen (secondary N) is 1. The van der Waals surface area contributed by atoms with Crippen molar-refractivity contribution in [1.82, 2.24) is 14.5 Å². The lowest BCUT2D eigenvalue weighted by molar-refractivity contribution is -0.114. The Balaban J connectivity index is 1.91. The van der Waals surface area contributed by atoms with E-state index in [1.54, 1.807) is 6.20 Å². The average Bonchev–Trinajstić information content (AvgIpc) is 3.01. The molecule has 0 radical (unpaired) electrons.